The van der Waals surface area contributed by atoms with Gasteiger partial charge < -0.3 is 29.4 Å². The molecule has 124 valence electrons. The maximum Gasteiger partial charge on any atom is 0.344 e. The van der Waals surface area contributed by atoms with Gasteiger partial charge in [0.05, 0.1) is 20.2 Å². The van der Waals surface area contributed by atoms with E-state index in [0.29, 0.717) is 11.3 Å². The fraction of sp³-hybridized carbons (Fsp3) is 0.176. The summed E-state index contributed by atoms with van der Waals surface area (Å²) in [6.45, 7) is 0. The molecule has 0 aliphatic carbocycles. The van der Waals surface area contributed by atoms with E-state index in [0.717, 1.165) is 0 Å². The van der Waals surface area contributed by atoms with Gasteiger partial charge in [-0.1, -0.05) is 18.2 Å². The van der Waals surface area contributed by atoms with E-state index < -0.39 is 18.2 Å². The summed E-state index contributed by atoms with van der Waals surface area (Å²) in [6, 6.07) is 9.54. The minimum absolute atomic E-state index is 0.0255. The summed E-state index contributed by atoms with van der Waals surface area (Å²) >= 11 is 0. The Hall–Kier alpha value is -3.22. The van der Waals surface area contributed by atoms with Gasteiger partial charge in [-0.15, -0.1) is 0 Å². The lowest BCUT2D eigenvalue weighted by Crippen LogP contribution is -2.24. The molecule has 1 heterocycles. The van der Waals surface area contributed by atoms with Crippen LogP contribution >= 0.6 is 0 Å². The minimum Gasteiger partial charge on any atom is -0.545 e. The molecule has 0 aromatic heterocycles. The van der Waals surface area contributed by atoms with Crippen LogP contribution in [0.3, 0.4) is 0 Å². The summed E-state index contributed by atoms with van der Waals surface area (Å²) in [6.07, 6.45) is -0.840. The minimum atomic E-state index is -1.32. The van der Waals surface area contributed by atoms with Crippen molar-refractivity contribution in [2.24, 2.45) is 0 Å². The van der Waals surface area contributed by atoms with Crippen LogP contribution in [0.15, 0.2) is 36.4 Å². The second-order valence-electron chi connectivity index (χ2n) is 5.03. The molecule has 1 N–H and O–H groups in total. The average molecular weight is 328 g/mol. The van der Waals surface area contributed by atoms with Gasteiger partial charge >= 0.3 is 5.97 Å². The van der Waals surface area contributed by atoms with Gasteiger partial charge in [-0.3, -0.25) is 0 Å². The predicted molar refractivity (Wildman–Crippen MR) is 82.1 cm³/mol. The quantitative estimate of drug-likeness (QED) is 0.827. The van der Waals surface area contributed by atoms with Crippen molar-refractivity contribution >= 4 is 17.6 Å². The summed E-state index contributed by atoms with van der Waals surface area (Å²) in [5, 5.41) is 14.1. The molecule has 1 aliphatic rings. The number of carbonyl (C=O) groups is 2. The Morgan fingerprint density at radius 1 is 1.17 bits per heavy atom. The zero-order valence-corrected chi connectivity index (χ0v) is 13.0. The average Bonchev–Trinajstić information content (AvgIpc) is 2.90. The van der Waals surface area contributed by atoms with Crippen LogP contribution in [-0.4, -0.2) is 26.2 Å². The van der Waals surface area contributed by atoms with E-state index in [9.17, 15) is 14.7 Å². The Kier molecular flexibility index (Phi) is 3.99. The topological polar surface area (TPSA) is 96.9 Å². The molecule has 7 nitrogen and oxygen atoms in total. The summed E-state index contributed by atoms with van der Waals surface area (Å²) in [7, 11) is 2.90. The number of ether oxygens (including phenoxy) is 3. The SMILES string of the molecule is COc1ccc2c(c1OC)C(=O)O[C@H]2Nc1ccccc1C(=O)[O-]. The molecule has 0 bridgehead atoms. The normalized spacial score (nSPS) is 15.4. The van der Waals surface area contributed by atoms with Crippen LogP contribution in [-0.2, 0) is 4.74 Å². The largest absolute Gasteiger partial charge is 0.545 e. The number of fused-ring (bicyclic) bond motifs is 1. The molecule has 0 amide bonds. The highest BCUT2D eigenvalue weighted by Crippen LogP contribution is 2.42. The maximum atomic E-state index is 12.2. The van der Waals surface area contributed by atoms with Gasteiger partial charge in [0.15, 0.2) is 11.5 Å². The molecule has 0 spiro atoms. The van der Waals surface area contributed by atoms with E-state index in [1.807, 2.05) is 0 Å². The van der Waals surface area contributed by atoms with Crippen LogP contribution in [0.4, 0.5) is 5.69 Å². The van der Waals surface area contributed by atoms with E-state index >= 15 is 0 Å². The van der Waals surface area contributed by atoms with Crippen molar-refractivity contribution in [2.75, 3.05) is 19.5 Å². The van der Waals surface area contributed by atoms with E-state index in [1.165, 1.54) is 20.3 Å². The molecule has 24 heavy (non-hydrogen) atoms. The van der Waals surface area contributed by atoms with Crippen LogP contribution in [0.1, 0.15) is 32.5 Å². The molecule has 0 saturated carbocycles. The van der Waals surface area contributed by atoms with Crippen LogP contribution in [0.25, 0.3) is 0 Å². The highest BCUT2D eigenvalue weighted by molar-refractivity contribution is 5.99. The summed E-state index contributed by atoms with van der Waals surface area (Å²) in [5.74, 6) is -1.22. The van der Waals surface area contributed by atoms with Crippen molar-refractivity contribution in [1.29, 1.82) is 0 Å². The lowest BCUT2D eigenvalue weighted by atomic mass is 10.1. The molecule has 0 unspecified atom stereocenters. The third-order valence-corrected chi connectivity index (χ3v) is 3.72. The number of anilines is 1. The van der Waals surface area contributed by atoms with Crippen LogP contribution in [0, 0.1) is 0 Å². The molecule has 7 heteroatoms. The number of benzene rings is 2. The molecule has 1 atom stereocenters. The summed E-state index contributed by atoms with van der Waals surface area (Å²) in [4.78, 5) is 23.4. The van der Waals surface area contributed by atoms with Crippen LogP contribution in [0.2, 0.25) is 0 Å². The van der Waals surface area contributed by atoms with Crippen molar-refractivity contribution in [1.82, 2.24) is 0 Å². The second kappa shape index (κ2) is 6.11. The number of carbonyl (C=O) groups excluding carboxylic acids is 2. The number of carboxylic acid groups (broad SMARTS) is 1. The maximum absolute atomic E-state index is 12.2. The number of aromatic carboxylic acids is 1. The third kappa shape index (κ3) is 2.50. The number of para-hydroxylation sites is 1. The van der Waals surface area contributed by atoms with Crippen molar-refractivity contribution in [3.05, 3.63) is 53.1 Å². The number of methoxy groups -OCH3 is 2. The fourth-order valence-electron chi connectivity index (χ4n) is 2.64. The van der Waals surface area contributed by atoms with E-state index in [4.69, 9.17) is 14.2 Å². The van der Waals surface area contributed by atoms with Gasteiger partial charge in [0.1, 0.15) is 5.56 Å². The number of cyclic esters (lactones) is 1. The molecular weight excluding hydrogens is 314 g/mol. The van der Waals surface area contributed by atoms with Crippen LogP contribution in [0.5, 0.6) is 11.5 Å². The lowest BCUT2D eigenvalue weighted by Gasteiger charge is -2.18. The molecule has 1 aliphatic heterocycles. The van der Waals surface area contributed by atoms with Gasteiger partial charge in [-0.25, -0.2) is 4.79 Å². The van der Waals surface area contributed by atoms with E-state index in [-0.39, 0.29) is 22.6 Å². The van der Waals surface area contributed by atoms with Crippen LogP contribution < -0.4 is 19.9 Å². The molecule has 2 aromatic carbocycles. The van der Waals surface area contributed by atoms with Gasteiger partial charge in [-0.05, 0) is 18.2 Å². The van der Waals surface area contributed by atoms with E-state index in [2.05, 4.69) is 5.32 Å². The van der Waals surface area contributed by atoms with Crippen molar-refractivity contribution in [3.8, 4) is 11.5 Å². The monoisotopic (exact) mass is 328 g/mol. The van der Waals surface area contributed by atoms with Gasteiger partial charge in [0.2, 0.25) is 6.23 Å². The van der Waals surface area contributed by atoms with Gasteiger partial charge in [0, 0.05) is 16.8 Å². The summed E-state index contributed by atoms with van der Waals surface area (Å²) in [5.41, 5.74) is 1.05. The van der Waals surface area contributed by atoms with Crippen molar-refractivity contribution in [3.63, 3.8) is 0 Å². The molecule has 3 rings (SSSR count). The first-order valence-electron chi connectivity index (χ1n) is 7.09. The van der Waals surface area contributed by atoms with E-state index in [1.54, 1.807) is 30.3 Å². The van der Waals surface area contributed by atoms with Gasteiger partial charge in [-0.2, -0.15) is 0 Å². The Balaban J connectivity index is 2.01. The Morgan fingerprint density at radius 2 is 1.92 bits per heavy atom. The van der Waals surface area contributed by atoms with Crippen molar-refractivity contribution < 1.29 is 28.9 Å². The Bertz CT molecular complexity index is 817. The zero-order chi connectivity index (χ0) is 17.3. The first-order valence-corrected chi connectivity index (χ1v) is 7.09. The fourth-order valence-corrected chi connectivity index (χ4v) is 2.64. The first-order chi connectivity index (χ1) is 11.6. The number of nitrogens with one attached hydrogen (secondary N) is 1. The summed E-state index contributed by atoms with van der Waals surface area (Å²) < 4.78 is 15.7. The number of hydrogen-bond donors (Lipinski definition) is 1. The highest BCUT2D eigenvalue weighted by atomic mass is 16.6. The van der Waals surface area contributed by atoms with Gasteiger partial charge in [0.25, 0.3) is 0 Å². The lowest BCUT2D eigenvalue weighted by molar-refractivity contribution is -0.254. The number of esters is 1. The highest BCUT2D eigenvalue weighted by Gasteiger charge is 2.36. The third-order valence-electron chi connectivity index (χ3n) is 3.72. The predicted octanol–water partition coefficient (Wildman–Crippen LogP) is 1.35. The molecule has 0 saturated heterocycles. The Labute approximate surface area is 137 Å². The molecule has 0 radical (unpaired) electrons. The zero-order valence-electron chi connectivity index (χ0n) is 13.0. The molecular formula is C17H14NO6-. The standard InChI is InChI=1S/C17H15NO6/c1-22-12-8-7-10-13(14(12)23-2)17(21)24-15(10)18-11-6-4-3-5-9(11)16(19)20/h3-8,15,18H,1-2H3,(H,19,20)/p-1/t15-/m1/s1. The first kappa shape index (κ1) is 15.7. The second-order valence-corrected chi connectivity index (χ2v) is 5.03. The molecule has 0 fully saturated rings. The number of rotatable bonds is 5. The number of carboxylic acids is 1. The molecule has 2 aromatic rings. The smallest absolute Gasteiger partial charge is 0.344 e. The Morgan fingerprint density at radius 3 is 2.58 bits per heavy atom. The number of hydrogen-bond acceptors (Lipinski definition) is 7. The van der Waals surface area contributed by atoms with Crippen molar-refractivity contribution in [2.45, 2.75) is 6.23 Å².